The molecule has 140 valence electrons. The van der Waals surface area contributed by atoms with E-state index in [1.54, 1.807) is 6.07 Å². The lowest BCUT2D eigenvalue weighted by Crippen LogP contribution is -2.28. The first-order valence-electron chi connectivity index (χ1n) is 6.88. The van der Waals surface area contributed by atoms with Crippen LogP contribution in [0.25, 0.3) is 0 Å². The highest BCUT2D eigenvalue weighted by Gasteiger charge is 2.35. The molecular formula is C13H17N6O6P. The van der Waals surface area contributed by atoms with Gasteiger partial charge in [-0.2, -0.15) is 15.0 Å². The Morgan fingerprint density at radius 3 is 1.65 bits per heavy atom. The number of nitrogen functional groups attached to an aromatic ring is 3. The Morgan fingerprint density at radius 1 is 0.923 bits per heavy atom. The van der Waals surface area contributed by atoms with Crippen LogP contribution in [0.4, 0.5) is 17.8 Å². The van der Waals surface area contributed by atoms with Gasteiger partial charge in [0.25, 0.3) is 0 Å². The van der Waals surface area contributed by atoms with E-state index >= 15 is 0 Å². The average Bonchev–Trinajstić information content (AvgIpc) is 2.52. The summed E-state index contributed by atoms with van der Waals surface area (Å²) in [4.78, 5) is 41.4. The molecule has 1 aromatic heterocycles. The Morgan fingerprint density at radius 2 is 1.31 bits per heavy atom. The fraction of sp³-hybridized carbons (Fsp3) is 0.154. The molecule has 1 aromatic carbocycles. The van der Waals surface area contributed by atoms with Crippen LogP contribution in [0, 0.1) is 5.92 Å². The van der Waals surface area contributed by atoms with Crippen LogP contribution in [0.5, 0.6) is 0 Å². The summed E-state index contributed by atoms with van der Waals surface area (Å²) in [5.41, 5.74) is 15.4. The maximum Gasteiger partial charge on any atom is 0.318 e. The minimum Gasteiger partial charge on any atom is -0.481 e. The third-order valence-corrected chi connectivity index (χ3v) is 4.84. The van der Waals surface area contributed by atoms with Crippen molar-refractivity contribution in [2.45, 2.75) is 0 Å². The van der Waals surface area contributed by atoms with Crippen LogP contribution in [0.1, 0.15) is 0 Å². The van der Waals surface area contributed by atoms with Gasteiger partial charge in [-0.1, -0.05) is 18.2 Å². The first-order valence-corrected chi connectivity index (χ1v) is 8.73. The Hall–Kier alpha value is -3.24. The van der Waals surface area contributed by atoms with Gasteiger partial charge in [-0.25, -0.2) is 0 Å². The molecule has 0 aliphatic heterocycles. The van der Waals surface area contributed by atoms with E-state index in [1.807, 2.05) is 0 Å². The van der Waals surface area contributed by atoms with Crippen molar-refractivity contribution in [3.05, 3.63) is 30.3 Å². The normalized spacial score (nSPS) is 12.5. The number of carboxylic acid groups (broad SMARTS) is 2. The summed E-state index contributed by atoms with van der Waals surface area (Å²) in [7, 11) is -3.97. The molecule has 0 radical (unpaired) electrons. The topological polar surface area (TPSA) is 229 Å². The van der Waals surface area contributed by atoms with E-state index < -0.39 is 31.4 Å². The van der Waals surface area contributed by atoms with Crippen molar-refractivity contribution in [3.8, 4) is 0 Å². The molecule has 13 heteroatoms. The number of benzene rings is 1. The van der Waals surface area contributed by atoms with Gasteiger partial charge in [0.2, 0.25) is 25.2 Å². The molecule has 1 heterocycles. The number of carboxylic acids is 2. The number of hydrogen-bond donors (Lipinski definition) is 6. The summed E-state index contributed by atoms with van der Waals surface area (Å²) in [6.07, 6.45) is -0.818. The molecule has 0 amide bonds. The lowest BCUT2D eigenvalue weighted by molar-refractivity contribution is -0.153. The van der Waals surface area contributed by atoms with E-state index in [9.17, 15) is 19.0 Å². The molecule has 2 rings (SSSR count). The lowest BCUT2D eigenvalue weighted by Gasteiger charge is -2.14. The number of anilines is 3. The third-order valence-electron chi connectivity index (χ3n) is 2.87. The van der Waals surface area contributed by atoms with Gasteiger partial charge in [0, 0.05) is 5.30 Å². The minimum atomic E-state index is -3.97. The molecule has 0 fully saturated rings. The molecule has 12 nitrogen and oxygen atoms in total. The van der Waals surface area contributed by atoms with Gasteiger partial charge in [-0.05, 0) is 12.1 Å². The quantitative estimate of drug-likeness (QED) is 0.269. The molecule has 0 aliphatic carbocycles. The average molecular weight is 384 g/mol. The van der Waals surface area contributed by atoms with Crippen LogP contribution in [0.3, 0.4) is 0 Å². The van der Waals surface area contributed by atoms with Crippen molar-refractivity contribution in [1.29, 1.82) is 0 Å². The Kier molecular flexibility index (Phi) is 6.99. The van der Waals surface area contributed by atoms with Gasteiger partial charge < -0.3 is 32.3 Å². The second kappa shape index (κ2) is 8.74. The van der Waals surface area contributed by atoms with Crippen LogP contribution in [-0.2, 0) is 14.2 Å². The van der Waals surface area contributed by atoms with Gasteiger partial charge in [0.05, 0.1) is 6.16 Å². The molecule has 26 heavy (non-hydrogen) atoms. The summed E-state index contributed by atoms with van der Waals surface area (Å²) in [5, 5.41) is 17.3. The maximum atomic E-state index is 11.9. The van der Waals surface area contributed by atoms with E-state index in [-0.39, 0.29) is 23.1 Å². The van der Waals surface area contributed by atoms with E-state index in [0.717, 1.165) is 0 Å². The molecule has 0 bridgehead atoms. The zero-order chi connectivity index (χ0) is 19.9. The molecule has 9 N–H and O–H groups in total. The molecule has 0 saturated heterocycles. The monoisotopic (exact) mass is 384 g/mol. The number of nitrogens with zero attached hydrogens (tertiary/aromatic N) is 3. The summed E-state index contributed by atoms with van der Waals surface area (Å²) in [6, 6.07) is 7.40. The number of hydrogen-bond acceptors (Lipinski definition) is 9. The molecular weight excluding hydrogens is 367 g/mol. The van der Waals surface area contributed by atoms with Gasteiger partial charge >= 0.3 is 11.9 Å². The fourth-order valence-corrected chi connectivity index (χ4v) is 3.36. The van der Waals surface area contributed by atoms with Crippen molar-refractivity contribution in [1.82, 2.24) is 15.0 Å². The Bertz CT molecular complexity index is 769. The SMILES string of the molecule is Nc1nc(N)nc(N)n1.O=C(O)C(CP(=O)(O)c1ccccc1)C(=O)O. The molecule has 0 aliphatic rings. The molecule has 1 unspecified atom stereocenters. The summed E-state index contributed by atoms with van der Waals surface area (Å²) >= 11 is 0. The van der Waals surface area contributed by atoms with Crippen molar-refractivity contribution in [3.63, 3.8) is 0 Å². The molecule has 1 atom stereocenters. The minimum absolute atomic E-state index is 0.0417. The smallest absolute Gasteiger partial charge is 0.318 e. The van der Waals surface area contributed by atoms with E-state index in [0.29, 0.717) is 0 Å². The van der Waals surface area contributed by atoms with Gasteiger partial charge in [0.1, 0.15) is 0 Å². The van der Waals surface area contributed by atoms with E-state index in [1.165, 1.54) is 24.3 Å². The number of aliphatic carboxylic acids is 2. The zero-order valence-corrected chi connectivity index (χ0v) is 14.2. The van der Waals surface area contributed by atoms with E-state index in [4.69, 9.17) is 27.4 Å². The second-order valence-corrected chi connectivity index (χ2v) is 7.14. The van der Waals surface area contributed by atoms with Crippen molar-refractivity contribution in [2.75, 3.05) is 23.4 Å². The summed E-state index contributed by atoms with van der Waals surface area (Å²) < 4.78 is 11.9. The Balaban J connectivity index is 0.000000314. The van der Waals surface area contributed by atoms with Crippen LogP contribution in [0.15, 0.2) is 30.3 Å². The largest absolute Gasteiger partial charge is 0.481 e. The standard InChI is InChI=1S/C10H11O6P.C3H6N6/c11-9(12)8(10(13)14)6-17(15,16)7-4-2-1-3-5-7;4-1-7-2(5)9-3(6)8-1/h1-5,8H,6H2,(H,11,12)(H,13,14)(H,15,16);(H6,4,5,6,7,8,9). The highest BCUT2D eigenvalue weighted by molar-refractivity contribution is 7.66. The zero-order valence-electron chi connectivity index (χ0n) is 13.3. The number of nitrogens with two attached hydrogens (primary N) is 3. The first kappa shape index (κ1) is 20.8. The highest BCUT2D eigenvalue weighted by Crippen LogP contribution is 2.41. The summed E-state index contributed by atoms with van der Waals surface area (Å²) in [6.45, 7) is 0. The van der Waals surface area contributed by atoms with Gasteiger partial charge in [-0.15, -0.1) is 0 Å². The van der Waals surface area contributed by atoms with Crippen molar-refractivity contribution >= 4 is 42.5 Å². The van der Waals surface area contributed by atoms with Gasteiger partial charge in [0.15, 0.2) is 5.92 Å². The van der Waals surface area contributed by atoms with Crippen LogP contribution in [0.2, 0.25) is 0 Å². The highest BCUT2D eigenvalue weighted by atomic mass is 31.2. The predicted molar refractivity (Wildman–Crippen MR) is 92.6 cm³/mol. The van der Waals surface area contributed by atoms with Crippen molar-refractivity contribution < 1.29 is 29.3 Å². The van der Waals surface area contributed by atoms with E-state index in [2.05, 4.69) is 15.0 Å². The number of carbonyl (C=O) groups is 2. The second-order valence-electron chi connectivity index (χ2n) is 4.86. The molecule has 0 saturated carbocycles. The van der Waals surface area contributed by atoms with Gasteiger partial charge in [-0.3, -0.25) is 14.2 Å². The Labute approximate surface area is 147 Å². The van der Waals surface area contributed by atoms with Crippen molar-refractivity contribution in [2.24, 2.45) is 5.92 Å². The maximum absolute atomic E-state index is 11.9. The number of aromatic nitrogens is 3. The lowest BCUT2D eigenvalue weighted by atomic mass is 10.2. The first-order chi connectivity index (χ1) is 12.0. The fourth-order valence-electron chi connectivity index (χ4n) is 1.70. The third kappa shape index (κ3) is 6.34. The van der Waals surface area contributed by atoms with Crippen LogP contribution >= 0.6 is 7.37 Å². The predicted octanol–water partition coefficient (Wildman–Crippen LogP) is -1.01. The summed E-state index contributed by atoms with van der Waals surface area (Å²) in [5.74, 6) is -5.00. The number of rotatable bonds is 5. The van der Waals surface area contributed by atoms with Crippen LogP contribution < -0.4 is 22.5 Å². The molecule has 0 spiro atoms. The van der Waals surface area contributed by atoms with Crippen LogP contribution in [-0.4, -0.2) is 48.2 Å². The molecule has 2 aromatic rings.